The monoisotopic (exact) mass is 1260 g/mol. The summed E-state index contributed by atoms with van der Waals surface area (Å²) in [6.07, 6.45) is 57.0. The predicted molar refractivity (Wildman–Crippen MR) is 393 cm³/mol. The van der Waals surface area contributed by atoms with Gasteiger partial charge in [-0.1, -0.05) is 354 Å². The van der Waals surface area contributed by atoms with Gasteiger partial charge in [-0.15, -0.1) is 0 Å². The smallest absolute Gasteiger partial charge is 0.104 e. The number of hydrogen-bond acceptors (Lipinski definition) is 6. The summed E-state index contributed by atoms with van der Waals surface area (Å²) in [7, 11) is 0. The van der Waals surface area contributed by atoms with Crippen molar-refractivity contribution in [2.24, 2.45) is 88.8 Å². The van der Waals surface area contributed by atoms with Crippen LogP contribution in [0.1, 0.15) is 393 Å². The van der Waals surface area contributed by atoms with Gasteiger partial charge in [0.05, 0.1) is 18.8 Å². The predicted octanol–water partition coefficient (Wildman–Crippen LogP) is 24.8. The van der Waals surface area contributed by atoms with E-state index < -0.39 is 5.60 Å². The molecular weight excluding hydrogens is 1090 g/mol. The molecule has 0 bridgehead atoms. The van der Waals surface area contributed by atoms with Crippen LogP contribution in [0, 0.1) is 88.8 Å². The molecule has 17 unspecified atom stereocenters. The molecule has 0 fully saturated rings. The molecule has 0 aromatic carbocycles. The SMILES string of the molecule is CC(CCO)CCCC(C)CCCC(C)CCCC(C)CCC(C)CCCC(C)CCCC(C)CCCC(C)CCOC(CO)COCCC(C)(O)CCCC(C)CCCC(C)CCCC(C)CCC(C)CCCC(C)CCCC(C)CCCC(C)CCO. The third kappa shape index (κ3) is 58.8. The lowest BCUT2D eigenvalue weighted by molar-refractivity contribution is -0.0578. The van der Waals surface area contributed by atoms with E-state index in [1.54, 1.807) is 0 Å². The van der Waals surface area contributed by atoms with Crippen LogP contribution < -0.4 is 0 Å². The van der Waals surface area contributed by atoms with Gasteiger partial charge < -0.3 is 29.9 Å². The summed E-state index contributed by atoms with van der Waals surface area (Å²) in [5.41, 5.74) is -0.721. The Hall–Kier alpha value is -0.240. The zero-order valence-corrected chi connectivity index (χ0v) is 63.7. The zero-order valence-electron chi connectivity index (χ0n) is 63.7. The Kier molecular flexibility index (Phi) is 58.9. The van der Waals surface area contributed by atoms with Crippen LogP contribution in [0.25, 0.3) is 0 Å². The Balaban J connectivity index is 3.94. The molecule has 0 aliphatic carbocycles. The first-order valence-corrected chi connectivity index (χ1v) is 40.2. The van der Waals surface area contributed by atoms with Crippen LogP contribution in [0.2, 0.25) is 0 Å². The minimum atomic E-state index is -0.721. The molecule has 0 aromatic rings. The standard InChI is InChI=1S/C83H168O6/c1-67(29-17-32-71(5)40-25-48-79(13)56-61-84)36-21-44-75(9)52-53-77(11)46-23-38-69(3)31-19-34-73(7)42-27-50-81(15)58-63-89-82(65-86)66-88-64-60-83(16,87)59-28-51-74(8)43-20-35-70(4)39-24-47-78(12)55-54-76(10)45-22-37-68(2)30-18-33-72(6)41-26-49-80(14)57-62-85/h67-82,84-87H,17-66H2,1-16H3. The summed E-state index contributed by atoms with van der Waals surface area (Å²) in [5, 5.41) is 39.4. The normalized spacial score (nSPS) is 18.5. The number of hydrogen-bond donors (Lipinski definition) is 4. The first kappa shape index (κ1) is 88.8. The molecule has 6 heteroatoms. The van der Waals surface area contributed by atoms with Crippen LogP contribution in [0.4, 0.5) is 0 Å². The van der Waals surface area contributed by atoms with E-state index in [2.05, 4.69) is 104 Å². The van der Waals surface area contributed by atoms with Gasteiger partial charge in [-0.3, -0.25) is 0 Å². The molecular formula is C83H168O6. The van der Waals surface area contributed by atoms with Crippen LogP contribution in [-0.2, 0) is 9.47 Å². The highest BCUT2D eigenvalue weighted by molar-refractivity contribution is 4.74. The van der Waals surface area contributed by atoms with E-state index in [9.17, 15) is 10.2 Å². The van der Waals surface area contributed by atoms with Gasteiger partial charge in [0.1, 0.15) is 6.10 Å². The molecule has 17 atom stereocenters. The second-order valence-electron chi connectivity index (χ2n) is 33.7. The van der Waals surface area contributed by atoms with E-state index in [4.69, 9.17) is 19.7 Å². The van der Waals surface area contributed by atoms with Gasteiger partial charge >= 0.3 is 0 Å². The van der Waals surface area contributed by atoms with Gasteiger partial charge in [-0.25, -0.2) is 0 Å². The van der Waals surface area contributed by atoms with E-state index in [0.717, 1.165) is 97.2 Å². The Morgan fingerprint density at radius 1 is 0.247 bits per heavy atom. The topological polar surface area (TPSA) is 99.4 Å². The first-order chi connectivity index (χ1) is 42.5. The van der Waals surface area contributed by atoms with Crippen molar-refractivity contribution >= 4 is 0 Å². The highest BCUT2D eigenvalue weighted by Crippen LogP contribution is 2.31. The van der Waals surface area contributed by atoms with Crippen LogP contribution in [0.3, 0.4) is 0 Å². The van der Waals surface area contributed by atoms with E-state index in [1.165, 1.54) is 244 Å². The van der Waals surface area contributed by atoms with Crippen LogP contribution in [0.15, 0.2) is 0 Å². The summed E-state index contributed by atoms with van der Waals surface area (Å²) >= 11 is 0. The molecule has 0 amide bonds. The fraction of sp³-hybridized carbons (Fsp3) is 1.00. The minimum Gasteiger partial charge on any atom is -0.396 e. The highest BCUT2D eigenvalue weighted by Gasteiger charge is 2.22. The van der Waals surface area contributed by atoms with Gasteiger partial charge in [-0.05, 0) is 128 Å². The molecule has 0 heterocycles. The van der Waals surface area contributed by atoms with Crippen molar-refractivity contribution in [1.29, 1.82) is 0 Å². The Bertz CT molecular complexity index is 1450. The maximum absolute atomic E-state index is 11.1. The molecule has 0 radical (unpaired) electrons. The lowest BCUT2D eigenvalue weighted by Gasteiger charge is -2.25. The lowest BCUT2D eigenvalue weighted by Crippen LogP contribution is -2.29. The van der Waals surface area contributed by atoms with E-state index in [0.29, 0.717) is 63.1 Å². The van der Waals surface area contributed by atoms with Crippen molar-refractivity contribution in [3.05, 3.63) is 0 Å². The highest BCUT2D eigenvalue weighted by atomic mass is 16.5. The third-order valence-corrected chi connectivity index (χ3v) is 22.5. The largest absolute Gasteiger partial charge is 0.396 e. The van der Waals surface area contributed by atoms with Gasteiger partial charge in [0.25, 0.3) is 0 Å². The van der Waals surface area contributed by atoms with Crippen molar-refractivity contribution < 1.29 is 29.9 Å². The number of ether oxygens (including phenoxy) is 2. The fourth-order valence-electron chi connectivity index (χ4n) is 14.8. The maximum atomic E-state index is 11.1. The van der Waals surface area contributed by atoms with Crippen molar-refractivity contribution in [1.82, 2.24) is 0 Å². The molecule has 0 aliphatic rings. The first-order valence-electron chi connectivity index (χ1n) is 40.2. The van der Waals surface area contributed by atoms with Crippen molar-refractivity contribution in [3.63, 3.8) is 0 Å². The summed E-state index contributed by atoms with van der Waals surface area (Å²) in [5.74, 6) is 12.0. The lowest BCUT2D eigenvalue weighted by atomic mass is 9.88. The third-order valence-electron chi connectivity index (χ3n) is 22.5. The fourth-order valence-corrected chi connectivity index (χ4v) is 14.8. The zero-order chi connectivity index (χ0) is 66.5. The van der Waals surface area contributed by atoms with Crippen molar-refractivity contribution in [2.45, 2.75) is 405 Å². The van der Waals surface area contributed by atoms with Crippen LogP contribution in [0.5, 0.6) is 0 Å². The average molecular weight is 1260 g/mol. The van der Waals surface area contributed by atoms with Crippen molar-refractivity contribution in [3.8, 4) is 0 Å². The average Bonchev–Trinajstić information content (AvgIpc) is 3.48. The molecule has 0 aromatic heterocycles. The van der Waals surface area contributed by atoms with Gasteiger partial charge in [0, 0.05) is 26.4 Å². The molecule has 0 saturated carbocycles. The van der Waals surface area contributed by atoms with E-state index in [1.807, 2.05) is 6.92 Å². The second-order valence-corrected chi connectivity index (χ2v) is 33.7. The molecule has 0 rings (SSSR count). The number of aliphatic hydroxyl groups excluding tert-OH is 3. The molecule has 4 N–H and O–H groups in total. The Morgan fingerprint density at radius 3 is 0.674 bits per heavy atom. The Labute approximate surface area is 560 Å². The summed E-state index contributed by atoms with van der Waals surface area (Å²) in [6.45, 7) is 40.8. The van der Waals surface area contributed by atoms with E-state index in [-0.39, 0.29) is 12.7 Å². The summed E-state index contributed by atoms with van der Waals surface area (Å²) in [6, 6.07) is 0. The molecule has 6 nitrogen and oxygen atoms in total. The number of aliphatic hydroxyl groups is 4. The molecule has 0 saturated heterocycles. The molecule has 536 valence electrons. The van der Waals surface area contributed by atoms with Crippen LogP contribution in [-0.4, -0.2) is 71.8 Å². The quantitative estimate of drug-likeness (QED) is 0.0453. The summed E-state index contributed by atoms with van der Waals surface area (Å²) < 4.78 is 12.0. The summed E-state index contributed by atoms with van der Waals surface area (Å²) in [4.78, 5) is 0. The second kappa shape index (κ2) is 59.1. The molecule has 0 spiro atoms. The van der Waals surface area contributed by atoms with Gasteiger partial charge in [-0.2, -0.15) is 0 Å². The Morgan fingerprint density at radius 2 is 0.449 bits per heavy atom. The molecule has 89 heavy (non-hydrogen) atoms. The maximum Gasteiger partial charge on any atom is 0.104 e. The van der Waals surface area contributed by atoms with E-state index >= 15 is 0 Å². The molecule has 0 aliphatic heterocycles. The van der Waals surface area contributed by atoms with Crippen LogP contribution >= 0.6 is 0 Å². The van der Waals surface area contributed by atoms with Crippen molar-refractivity contribution in [2.75, 3.05) is 39.6 Å². The van der Waals surface area contributed by atoms with Gasteiger partial charge in [0.2, 0.25) is 0 Å². The van der Waals surface area contributed by atoms with Gasteiger partial charge in [0.15, 0.2) is 0 Å². The minimum absolute atomic E-state index is 0.0281. The number of rotatable bonds is 68.